The van der Waals surface area contributed by atoms with Gasteiger partial charge in [-0.3, -0.25) is 9.59 Å². The largest absolute Gasteiger partial charge is 0.471 e. The van der Waals surface area contributed by atoms with Crippen LogP contribution in [0.1, 0.15) is 45.8 Å². The second kappa shape index (κ2) is 11.1. The summed E-state index contributed by atoms with van der Waals surface area (Å²) in [6, 6.07) is 9.99. The molecule has 2 aromatic carbocycles. The topological polar surface area (TPSA) is 72.2 Å². The highest BCUT2D eigenvalue weighted by Gasteiger charge is 2.38. The average molecular weight is 556 g/mol. The molecule has 1 aliphatic rings. The minimum Gasteiger partial charge on any atom is -0.345 e. The number of alkyl halides is 3. The molecule has 0 saturated carbocycles. The molecule has 0 bridgehead atoms. The Morgan fingerprint density at radius 1 is 1.10 bits per heavy atom. The van der Waals surface area contributed by atoms with Crippen LogP contribution in [0, 0.1) is 12.7 Å². The van der Waals surface area contributed by atoms with Crippen LogP contribution < -0.4 is 5.32 Å². The first-order chi connectivity index (χ1) is 19.1. The van der Waals surface area contributed by atoms with Crippen LogP contribution in [0.5, 0.6) is 0 Å². The summed E-state index contributed by atoms with van der Waals surface area (Å²) in [5.74, 6) is -2.77. The maximum atomic E-state index is 14.7. The van der Waals surface area contributed by atoms with E-state index in [1.165, 1.54) is 18.2 Å². The van der Waals surface area contributed by atoms with Crippen LogP contribution in [0.3, 0.4) is 0 Å². The summed E-state index contributed by atoms with van der Waals surface area (Å²) in [4.78, 5) is 30.7. The summed E-state index contributed by atoms with van der Waals surface area (Å²) < 4.78 is 56.3. The van der Waals surface area contributed by atoms with Gasteiger partial charge in [-0.2, -0.15) is 13.2 Å². The molecule has 1 aliphatic heterocycles. The number of likely N-dealkylation sites (tertiary alicyclic amines) is 1. The van der Waals surface area contributed by atoms with Crippen molar-refractivity contribution in [3.8, 4) is 0 Å². The minimum atomic E-state index is -4.98. The number of amides is 2. The van der Waals surface area contributed by atoms with Gasteiger partial charge in [-0.05, 0) is 48.4 Å². The Hall–Kier alpha value is -4.15. The molecule has 5 rings (SSSR count). The van der Waals surface area contributed by atoms with Crippen molar-refractivity contribution in [2.45, 2.75) is 51.5 Å². The maximum Gasteiger partial charge on any atom is 0.471 e. The van der Waals surface area contributed by atoms with Crippen LogP contribution in [0.25, 0.3) is 10.9 Å². The average Bonchev–Trinajstić information content (AvgIpc) is 3.59. The molecule has 0 spiro atoms. The van der Waals surface area contributed by atoms with Crippen molar-refractivity contribution in [2.75, 3.05) is 13.1 Å². The zero-order valence-electron chi connectivity index (χ0n) is 21.9. The smallest absolute Gasteiger partial charge is 0.345 e. The number of fused-ring (bicyclic) bond motifs is 1. The van der Waals surface area contributed by atoms with Crippen molar-refractivity contribution >= 4 is 22.7 Å². The number of carbonyl (C=O) groups is 2. The van der Waals surface area contributed by atoms with Crippen LogP contribution in [-0.4, -0.2) is 50.1 Å². The van der Waals surface area contributed by atoms with Crippen LogP contribution in [-0.2, 0) is 24.4 Å². The second-order valence-corrected chi connectivity index (χ2v) is 10.1. The quantitative estimate of drug-likeness (QED) is 0.320. The van der Waals surface area contributed by atoms with Crippen molar-refractivity contribution < 1.29 is 27.2 Å². The summed E-state index contributed by atoms with van der Waals surface area (Å²) in [7, 11) is 0. The van der Waals surface area contributed by atoms with Crippen LogP contribution in [0.2, 0.25) is 0 Å². The monoisotopic (exact) mass is 555 g/mol. The minimum absolute atomic E-state index is 0.0838. The number of hydrogen-bond donors (Lipinski definition) is 1. The van der Waals surface area contributed by atoms with Crippen molar-refractivity contribution in [2.24, 2.45) is 0 Å². The summed E-state index contributed by atoms with van der Waals surface area (Å²) in [6.45, 7) is 3.89. The zero-order chi connectivity index (χ0) is 28.4. The fraction of sp³-hybridized carbons (Fsp3) is 0.345. The van der Waals surface area contributed by atoms with E-state index in [4.69, 9.17) is 0 Å². The number of nitrogens with zero attached hydrogens (tertiary/aromatic N) is 4. The number of hydrogen-bond acceptors (Lipinski definition) is 3. The lowest BCUT2D eigenvalue weighted by Gasteiger charge is -2.32. The molecule has 0 radical (unpaired) electrons. The van der Waals surface area contributed by atoms with Gasteiger partial charge in [0, 0.05) is 56.7 Å². The third-order valence-electron chi connectivity index (χ3n) is 7.48. The van der Waals surface area contributed by atoms with E-state index in [0.29, 0.717) is 55.7 Å². The Morgan fingerprint density at radius 3 is 2.58 bits per heavy atom. The number of aromatic nitrogens is 3. The maximum absolute atomic E-state index is 14.7. The predicted molar refractivity (Wildman–Crippen MR) is 141 cm³/mol. The van der Waals surface area contributed by atoms with E-state index in [-0.39, 0.29) is 18.4 Å². The van der Waals surface area contributed by atoms with Crippen molar-refractivity contribution in [1.29, 1.82) is 0 Å². The Kier molecular flexibility index (Phi) is 7.64. The van der Waals surface area contributed by atoms with E-state index in [9.17, 15) is 27.2 Å². The van der Waals surface area contributed by atoms with Gasteiger partial charge in [-0.1, -0.05) is 30.3 Å². The van der Waals surface area contributed by atoms with Gasteiger partial charge in [0.2, 0.25) is 0 Å². The van der Waals surface area contributed by atoms with Crippen LogP contribution in [0.4, 0.5) is 17.6 Å². The molecule has 0 aliphatic carbocycles. The lowest BCUT2D eigenvalue weighted by molar-refractivity contribution is -0.173. The van der Waals surface area contributed by atoms with E-state index in [0.717, 1.165) is 16.5 Å². The standard InChI is InChI=1S/C29H29F4N5O2/c1-19-3-2-4-22-24(17-38(26(19)22)14-13-36-12-9-34-18-36)27(39)37-10-7-21(8-11-37)23-15-20(5-6-25(23)30)16-35-28(40)29(31,32)33/h2-6,9,12,15,17-18,21H,7-8,10-11,13-14,16H2,1H3,(H,35,40). The Labute approximate surface area is 228 Å². The van der Waals surface area contributed by atoms with Crippen molar-refractivity contribution in [3.63, 3.8) is 0 Å². The highest BCUT2D eigenvalue weighted by molar-refractivity contribution is 6.07. The summed E-state index contributed by atoms with van der Waals surface area (Å²) in [5.41, 5.74) is 3.47. The molecule has 3 heterocycles. The molecule has 40 heavy (non-hydrogen) atoms. The van der Waals surface area contributed by atoms with Gasteiger partial charge in [0.1, 0.15) is 5.82 Å². The molecular formula is C29H29F4N5O2. The van der Waals surface area contributed by atoms with Crippen molar-refractivity contribution in [3.05, 3.63) is 89.4 Å². The van der Waals surface area contributed by atoms with E-state index >= 15 is 0 Å². The third kappa shape index (κ3) is 5.73. The Balaban J connectivity index is 1.28. The summed E-state index contributed by atoms with van der Waals surface area (Å²) >= 11 is 0. The number of carbonyl (C=O) groups excluding carboxylic acids is 2. The first-order valence-corrected chi connectivity index (χ1v) is 13.1. The SMILES string of the molecule is Cc1cccc2c(C(=O)N3CCC(c4cc(CNC(=O)C(F)(F)F)ccc4F)CC3)cn(CCn3ccnc3)c12. The number of benzene rings is 2. The normalized spacial score (nSPS) is 14.6. The molecule has 7 nitrogen and oxygen atoms in total. The number of nitrogens with one attached hydrogen (secondary N) is 1. The highest BCUT2D eigenvalue weighted by atomic mass is 19.4. The Morgan fingerprint density at radius 2 is 1.88 bits per heavy atom. The van der Waals surface area contributed by atoms with Crippen LogP contribution in [0.15, 0.2) is 61.3 Å². The van der Waals surface area contributed by atoms with E-state index < -0.39 is 17.9 Å². The lowest BCUT2D eigenvalue weighted by atomic mass is 9.88. The molecule has 1 N–H and O–H groups in total. The van der Waals surface area contributed by atoms with E-state index in [2.05, 4.69) is 9.55 Å². The number of para-hydroxylation sites is 1. The molecule has 2 aromatic heterocycles. The first kappa shape index (κ1) is 27.4. The number of imidazole rings is 1. The van der Waals surface area contributed by atoms with Gasteiger partial charge in [0.25, 0.3) is 5.91 Å². The van der Waals surface area contributed by atoms with Gasteiger partial charge in [-0.15, -0.1) is 0 Å². The second-order valence-electron chi connectivity index (χ2n) is 10.1. The molecule has 2 amide bonds. The molecular weight excluding hydrogens is 526 g/mol. The molecule has 0 atom stereocenters. The highest BCUT2D eigenvalue weighted by Crippen LogP contribution is 2.33. The summed E-state index contributed by atoms with van der Waals surface area (Å²) in [5, 5.41) is 2.71. The van der Waals surface area contributed by atoms with Crippen LogP contribution >= 0.6 is 0 Å². The van der Waals surface area contributed by atoms with E-state index in [1.807, 2.05) is 47.4 Å². The Bertz CT molecular complexity index is 1520. The van der Waals surface area contributed by atoms with Gasteiger partial charge < -0.3 is 19.4 Å². The zero-order valence-corrected chi connectivity index (χ0v) is 21.9. The number of aryl methyl sites for hydroxylation is 3. The third-order valence-corrected chi connectivity index (χ3v) is 7.48. The molecule has 1 saturated heterocycles. The first-order valence-electron chi connectivity index (χ1n) is 13.1. The number of rotatable bonds is 7. The van der Waals surface area contributed by atoms with Gasteiger partial charge in [0.05, 0.1) is 17.4 Å². The molecule has 11 heteroatoms. The molecule has 1 fully saturated rings. The predicted octanol–water partition coefficient (Wildman–Crippen LogP) is 5.18. The van der Waals surface area contributed by atoms with Crippen molar-refractivity contribution in [1.82, 2.24) is 24.3 Å². The van der Waals surface area contributed by atoms with E-state index in [1.54, 1.807) is 17.4 Å². The molecule has 4 aromatic rings. The molecule has 0 unspecified atom stereocenters. The molecule has 210 valence electrons. The fourth-order valence-electron chi connectivity index (χ4n) is 5.40. The number of halogens is 4. The van der Waals surface area contributed by atoms with Gasteiger partial charge in [-0.25, -0.2) is 9.37 Å². The fourth-order valence-corrected chi connectivity index (χ4v) is 5.40. The lowest BCUT2D eigenvalue weighted by Crippen LogP contribution is -2.38. The summed E-state index contributed by atoms with van der Waals surface area (Å²) in [6.07, 6.45) is 3.33. The number of piperidine rings is 1. The van der Waals surface area contributed by atoms with Gasteiger partial charge >= 0.3 is 12.1 Å². The van der Waals surface area contributed by atoms with Gasteiger partial charge in [0.15, 0.2) is 0 Å².